The van der Waals surface area contributed by atoms with Crippen molar-refractivity contribution >= 4 is 16.8 Å². The number of para-hydroxylation sites is 2. The molecular weight excluding hydrogens is 434 g/mol. The number of hydrogen-bond acceptors (Lipinski definition) is 3. The molecule has 1 unspecified atom stereocenters. The van der Waals surface area contributed by atoms with Gasteiger partial charge < -0.3 is 4.90 Å². The normalized spacial score (nSPS) is 12.0. The van der Waals surface area contributed by atoms with Crippen molar-refractivity contribution in [3.63, 3.8) is 0 Å². The molecule has 0 radical (unpaired) electrons. The van der Waals surface area contributed by atoms with Gasteiger partial charge in [-0.05, 0) is 55.5 Å². The Hall–Kier alpha value is -3.73. The maximum Gasteiger partial charge on any atom is 0.266 e. The van der Waals surface area contributed by atoms with Crippen molar-refractivity contribution in [2.75, 3.05) is 6.54 Å². The van der Waals surface area contributed by atoms with E-state index in [2.05, 4.69) is 13.8 Å². The molecule has 4 aromatic rings. The lowest BCUT2D eigenvalue weighted by atomic mass is 10.1. The number of aryl methyl sites for hydroxylation is 2. The zero-order chi connectivity index (χ0) is 24.8. The number of aromatic nitrogens is 2. The van der Waals surface area contributed by atoms with Gasteiger partial charge in [0.15, 0.2) is 0 Å². The maximum absolute atomic E-state index is 13.8. The first-order valence-corrected chi connectivity index (χ1v) is 12.5. The molecule has 0 aliphatic carbocycles. The van der Waals surface area contributed by atoms with E-state index in [4.69, 9.17) is 4.98 Å². The molecule has 0 spiro atoms. The number of carbonyl (C=O) groups excluding carboxylic acids is 1. The molecule has 4 rings (SSSR count). The average Bonchev–Trinajstić information content (AvgIpc) is 2.90. The predicted molar refractivity (Wildman–Crippen MR) is 142 cm³/mol. The second-order valence-electron chi connectivity index (χ2n) is 8.86. The van der Waals surface area contributed by atoms with Gasteiger partial charge in [0.2, 0.25) is 5.91 Å². The molecule has 1 aromatic heterocycles. The lowest BCUT2D eigenvalue weighted by Gasteiger charge is -2.31. The molecule has 0 fully saturated rings. The Bertz CT molecular complexity index is 1360. The first kappa shape index (κ1) is 24.4. The van der Waals surface area contributed by atoms with Crippen LogP contribution in [0.25, 0.3) is 16.6 Å². The number of nitrogens with zero attached hydrogens (tertiary/aromatic N) is 3. The highest BCUT2D eigenvalue weighted by Crippen LogP contribution is 2.25. The zero-order valence-corrected chi connectivity index (χ0v) is 20.8. The minimum absolute atomic E-state index is 0.0703. The molecule has 5 nitrogen and oxygen atoms in total. The molecule has 1 heterocycles. The Kier molecular flexibility index (Phi) is 7.76. The van der Waals surface area contributed by atoms with Crippen LogP contribution in [0.3, 0.4) is 0 Å². The first-order valence-electron chi connectivity index (χ1n) is 12.5. The second kappa shape index (κ2) is 11.1. The molecule has 3 aromatic carbocycles. The summed E-state index contributed by atoms with van der Waals surface area (Å²) in [6.45, 7) is 6.74. The Labute approximate surface area is 207 Å². The summed E-state index contributed by atoms with van der Waals surface area (Å²) in [6.07, 6.45) is 2.71. The summed E-state index contributed by atoms with van der Waals surface area (Å²) in [6, 6.07) is 25.1. The summed E-state index contributed by atoms with van der Waals surface area (Å²) in [5, 5.41) is 0.576. The highest BCUT2D eigenvalue weighted by Gasteiger charge is 2.26. The van der Waals surface area contributed by atoms with Crippen LogP contribution in [0, 0.1) is 0 Å². The van der Waals surface area contributed by atoms with Gasteiger partial charge in [-0.15, -0.1) is 0 Å². The highest BCUT2D eigenvalue weighted by molar-refractivity contribution is 5.79. The average molecular weight is 468 g/mol. The smallest absolute Gasteiger partial charge is 0.266 e. The Morgan fingerprint density at radius 3 is 2.37 bits per heavy atom. The van der Waals surface area contributed by atoms with E-state index in [0.29, 0.717) is 36.1 Å². The molecule has 0 N–H and O–H groups in total. The van der Waals surface area contributed by atoms with Gasteiger partial charge in [0.1, 0.15) is 5.82 Å². The van der Waals surface area contributed by atoms with E-state index in [0.717, 1.165) is 29.7 Å². The molecular formula is C30H33N3O2. The Balaban J connectivity index is 1.80. The lowest BCUT2D eigenvalue weighted by Crippen LogP contribution is -2.38. The summed E-state index contributed by atoms with van der Waals surface area (Å²) in [5.74, 6) is 0.664. The molecule has 0 aliphatic heterocycles. The van der Waals surface area contributed by atoms with Gasteiger partial charge in [-0.25, -0.2) is 4.98 Å². The summed E-state index contributed by atoms with van der Waals surface area (Å²) in [4.78, 5) is 34.1. The van der Waals surface area contributed by atoms with Crippen LogP contribution in [0.4, 0.5) is 0 Å². The minimum Gasteiger partial charge on any atom is -0.333 e. The van der Waals surface area contributed by atoms with Crippen LogP contribution in [0.2, 0.25) is 0 Å². The SMILES string of the molecule is CCCN(C(=O)CCc1ccccc1)C(C)c1nc2ccccc2c(=O)n1-c1ccccc1CC. The van der Waals surface area contributed by atoms with Crippen LogP contribution in [-0.2, 0) is 17.6 Å². The van der Waals surface area contributed by atoms with Crippen LogP contribution >= 0.6 is 0 Å². The topological polar surface area (TPSA) is 55.2 Å². The fourth-order valence-electron chi connectivity index (χ4n) is 4.65. The quantitative estimate of drug-likeness (QED) is 0.309. The number of rotatable bonds is 9. The molecule has 1 amide bonds. The van der Waals surface area contributed by atoms with Crippen molar-refractivity contribution in [2.45, 2.75) is 52.5 Å². The number of amides is 1. The van der Waals surface area contributed by atoms with Crippen LogP contribution in [0.5, 0.6) is 0 Å². The summed E-state index contributed by atoms with van der Waals surface area (Å²) >= 11 is 0. The Morgan fingerprint density at radius 1 is 0.943 bits per heavy atom. The van der Waals surface area contributed by atoms with Crippen molar-refractivity contribution in [3.8, 4) is 5.69 Å². The zero-order valence-electron chi connectivity index (χ0n) is 20.8. The van der Waals surface area contributed by atoms with Gasteiger partial charge >= 0.3 is 0 Å². The number of benzene rings is 3. The van der Waals surface area contributed by atoms with Gasteiger partial charge in [-0.3, -0.25) is 14.2 Å². The van der Waals surface area contributed by atoms with Crippen LogP contribution < -0.4 is 5.56 Å². The molecule has 0 aliphatic rings. The van der Waals surface area contributed by atoms with Crippen LogP contribution in [0.15, 0.2) is 83.7 Å². The third kappa shape index (κ3) is 5.19. The largest absolute Gasteiger partial charge is 0.333 e. The predicted octanol–water partition coefficient (Wildman–Crippen LogP) is 5.88. The van der Waals surface area contributed by atoms with E-state index in [-0.39, 0.29) is 17.5 Å². The molecule has 0 bridgehead atoms. The third-order valence-corrected chi connectivity index (χ3v) is 6.51. The number of hydrogen-bond donors (Lipinski definition) is 0. The second-order valence-corrected chi connectivity index (χ2v) is 8.86. The molecule has 35 heavy (non-hydrogen) atoms. The van der Waals surface area contributed by atoms with E-state index in [1.165, 1.54) is 0 Å². The number of carbonyl (C=O) groups is 1. The van der Waals surface area contributed by atoms with Crippen molar-refractivity contribution in [2.24, 2.45) is 0 Å². The molecule has 0 saturated heterocycles. The van der Waals surface area contributed by atoms with Crippen molar-refractivity contribution in [3.05, 3.63) is 106 Å². The highest BCUT2D eigenvalue weighted by atomic mass is 16.2. The van der Waals surface area contributed by atoms with Gasteiger partial charge in [-0.2, -0.15) is 0 Å². The van der Waals surface area contributed by atoms with Gasteiger partial charge in [0.05, 0.1) is 22.6 Å². The van der Waals surface area contributed by atoms with Crippen molar-refractivity contribution in [1.29, 1.82) is 0 Å². The van der Waals surface area contributed by atoms with Gasteiger partial charge in [0.25, 0.3) is 5.56 Å². The van der Waals surface area contributed by atoms with E-state index < -0.39 is 0 Å². The lowest BCUT2D eigenvalue weighted by molar-refractivity contribution is -0.133. The molecule has 0 saturated carbocycles. The third-order valence-electron chi connectivity index (χ3n) is 6.51. The summed E-state index contributed by atoms with van der Waals surface area (Å²) in [7, 11) is 0. The van der Waals surface area contributed by atoms with E-state index in [1.807, 2.05) is 90.7 Å². The van der Waals surface area contributed by atoms with E-state index in [1.54, 1.807) is 4.57 Å². The Morgan fingerprint density at radius 2 is 1.63 bits per heavy atom. The van der Waals surface area contributed by atoms with Gasteiger partial charge in [-0.1, -0.05) is 74.5 Å². The fraction of sp³-hybridized carbons (Fsp3) is 0.300. The van der Waals surface area contributed by atoms with Crippen molar-refractivity contribution < 1.29 is 4.79 Å². The summed E-state index contributed by atoms with van der Waals surface area (Å²) < 4.78 is 1.72. The van der Waals surface area contributed by atoms with E-state index in [9.17, 15) is 9.59 Å². The number of fused-ring (bicyclic) bond motifs is 1. The molecule has 5 heteroatoms. The molecule has 1 atom stereocenters. The van der Waals surface area contributed by atoms with E-state index >= 15 is 0 Å². The first-order chi connectivity index (χ1) is 17.0. The molecule has 180 valence electrons. The van der Waals surface area contributed by atoms with Crippen LogP contribution in [0.1, 0.15) is 56.6 Å². The maximum atomic E-state index is 13.8. The monoisotopic (exact) mass is 467 g/mol. The fourth-order valence-corrected chi connectivity index (χ4v) is 4.65. The van der Waals surface area contributed by atoms with Crippen molar-refractivity contribution in [1.82, 2.24) is 14.5 Å². The standard InChI is InChI=1S/C30H33N3O2/c1-4-21-32(28(34)20-19-23-13-7-6-8-14-23)22(3)29-31-26-17-11-10-16-25(26)30(35)33(29)27-18-12-9-15-24(27)5-2/h6-18,22H,4-5,19-21H2,1-3H3. The minimum atomic E-state index is -0.361. The summed E-state index contributed by atoms with van der Waals surface area (Å²) in [5.41, 5.74) is 3.58. The van der Waals surface area contributed by atoms with Gasteiger partial charge in [0, 0.05) is 13.0 Å². The van der Waals surface area contributed by atoms with Crippen LogP contribution in [-0.4, -0.2) is 26.9 Å².